The van der Waals surface area contributed by atoms with E-state index >= 15 is 0 Å². The van der Waals surface area contributed by atoms with Gasteiger partial charge in [0.25, 0.3) is 5.91 Å². The first-order chi connectivity index (χ1) is 18.5. The number of phenolic OH excluding ortho intramolecular Hbond substituents is 1. The van der Waals surface area contributed by atoms with Crippen LogP contribution < -0.4 is 10.2 Å². The molecule has 0 unspecified atom stereocenters. The molecule has 0 bridgehead atoms. The second kappa shape index (κ2) is 11.2. The van der Waals surface area contributed by atoms with Crippen molar-refractivity contribution in [1.82, 2.24) is 20.2 Å². The number of thioether (sulfide) groups is 1. The number of carbonyl (C=O) groups excluding carboxylic acids is 1. The summed E-state index contributed by atoms with van der Waals surface area (Å²) in [5.41, 5.74) is 5.98. The van der Waals surface area contributed by atoms with Crippen LogP contribution in [0.3, 0.4) is 0 Å². The predicted molar refractivity (Wildman–Crippen MR) is 150 cm³/mol. The molecule has 4 aromatic carbocycles. The van der Waals surface area contributed by atoms with E-state index in [1.54, 1.807) is 13.2 Å². The summed E-state index contributed by atoms with van der Waals surface area (Å²) in [6.07, 6.45) is 1.45. The summed E-state index contributed by atoms with van der Waals surface area (Å²) in [6, 6.07) is 26.7. The molecule has 5 aromatic rings. The smallest absolute Gasteiger partial charge is 0.250 e. The van der Waals surface area contributed by atoms with Crippen molar-refractivity contribution < 1.29 is 14.6 Å². The Morgan fingerprint density at radius 2 is 1.79 bits per heavy atom. The molecule has 1 aromatic heterocycles. The molecule has 0 atom stereocenters. The lowest BCUT2D eigenvalue weighted by Crippen LogP contribution is -2.20. The number of phenols is 1. The number of hydrogen-bond acceptors (Lipinski definition) is 7. The fourth-order valence-electron chi connectivity index (χ4n) is 3.97. The molecular weight excluding hydrogens is 498 g/mol. The zero-order valence-electron chi connectivity index (χ0n) is 20.8. The Morgan fingerprint density at radius 1 is 1.03 bits per heavy atom. The van der Waals surface area contributed by atoms with E-state index < -0.39 is 0 Å². The third kappa shape index (κ3) is 5.37. The number of nitrogens with zero attached hydrogens (tertiary/aromatic N) is 4. The maximum Gasteiger partial charge on any atom is 0.250 e. The second-order valence-electron chi connectivity index (χ2n) is 8.51. The van der Waals surface area contributed by atoms with Crippen LogP contribution in [0.15, 0.2) is 95.2 Å². The van der Waals surface area contributed by atoms with E-state index in [4.69, 9.17) is 4.74 Å². The summed E-state index contributed by atoms with van der Waals surface area (Å²) in [6.45, 7) is 2.03. The number of aryl methyl sites for hydroxylation is 1. The number of aromatic hydroxyl groups is 1. The summed E-state index contributed by atoms with van der Waals surface area (Å²) < 4.78 is 7.21. The number of hydrazone groups is 1. The molecule has 190 valence electrons. The number of aromatic nitrogens is 3. The first-order valence-corrected chi connectivity index (χ1v) is 12.8. The Kier molecular flexibility index (Phi) is 7.37. The minimum atomic E-state index is -0.313. The highest BCUT2D eigenvalue weighted by Gasteiger charge is 2.17. The van der Waals surface area contributed by atoms with E-state index in [0.717, 1.165) is 33.3 Å². The molecule has 0 aliphatic carbocycles. The van der Waals surface area contributed by atoms with Crippen molar-refractivity contribution in [1.29, 1.82) is 0 Å². The molecule has 0 saturated carbocycles. The van der Waals surface area contributed by atoms with Crippen molar-refractivity contribution in [2.75, 3.05) is 12.9 Å². The summed E-state index contributed by atoms with van der Waals surface area (Å²) >= 11 is 1.25. The van der Waals surface area contributed by atoms with Gasteiger partial charge in [0.2, 0.25) is 0 Å². The van der Waals surface area contributed by atoms with E-state index in [0.29, 0.717) is 16.5 Å². The largest absolute Gasteiger partial charge is 0.507 e. The fourth-order valence-corrected chi connectivity index (χ4v) is 4.71. The molecule has 0 aliphatic heterocycles. The van der Waals surface area contributed by atoms with Crippen LogP contribution in [0.5, 0.6) is 11.5 Å². The molecule has 1 heterocycles. The van der Waals surface area contributed by atoms with Crippen LogP contribution in [0.2, 0.25) is 0 Å². The van der Waals surface area contributed by atoms with Gasteiger partial charge in [-0.3, -0.25) is 9.36 Å². The van der Waals surface area contributed by atoms with E-state index in [2.05, 4.69) is 20.7 Å². The van der Waals surface area contributed by atoms with Gasteiger partial charge >= 0.3 is 0 Å². The van der Waals surface area contributed by atoms with Crippen LogP contribution >= 0.6 is 11.8 Å². The Labute approximate surface area is 224 Å². The van der Waals surface area contributed by atoms with Gasteiger partial charge in [0.15, 0.2) is 11.0 Å². The number of nitrogens with one attached hydrogen (secondary N) is 1. The van der Waals surface area contributed by atoms with Gasteiger partial charge in [-0.05, 0) is 48.0 Å². The van der Waals surface area contributed by atoms with Gasteiger partial charge in [-0.25, -0.2) is 5.43 Å². The van der Waals surface area contributed by atoms with Gasteiger partial charge in [0, 0.05) is 16.8 Å². The molecular formula is C29H25N5O3S. The molecule has 0 saturated heterocycles. The summed E-state index contributed by atoms with van der Waals surface area (Å²) in [4.78, 5) is 12.6. The zero-order chi connectivity index (χ0) is 26.5. The first-order valence-electron chi connectivity index (χ1n) is 11.9. The normalized spacial score (nSPS) is 11.2. The third-order valence-corrected chi connectivity index (χ3v) is 6.87. The van der Waals surface area contributed by atoms with E-state index in [9.17, 15) is 9.90 Å². The van der Waals surface area contributed by atoms with Gasteiger partial charge in [0.05, 0.1) is 19.1 Å². The van der Waals surface area contributed by atoms with Crippen LogP contribution in [0.25, 0.3) is 27.8 Å². The van der Waals surface area contributed by atoms with Crippen LogP contribution in [0.4, 0.5) is 0 Å². The molecule has 1 amide bonds. The SMILES string of the molecule is COc1ccc(-n2c(SCC(=O)N/N=C/c3c(O)ccc4ccccc34)nnc2-c2ccc(C)cc2)cc1. The quantitative estimate of drug-likeness (QED) is 0.161. The van der Waals surface area contributed by atoms with Crippen molar-refractivity contribution in [3.8, 4) is 28.6 Å². The standard InChI is InChI=1S/C29H25N5O3S/c1-19-7-9-21(10-8-19)28-32-33-29(34(28)22-12-14-23(37-2)15-13-22)38-18-27(36)31-30-17-25-24-6-4-3-5-20(24)11-16-26(25)35/h3-17,35H,18H2,1-2H3,(H,31,36)/b30-17+. The molecule has 9 heteroatoms. The highest BCUT2D eigenvalue weighted by atomic mass is 32.2. The van der Waals surface area contributed by atoms with Crippen molar-refractivity contribution in [3.05, 3.63) is 96.1 Å². The van der Waals surface area contributed by atoms with Crippen LogP contribution in [-0.2, 0) is 4.79 Å². The molecule has 0 spiro atoms. The predicted octanol–water partition coefficient (Wildman–Crippen LogP) is 5.35. The summed E-state index contributed by atoms with van der Waals surface area (Å²) in [5, 5.41) is 25.5. The zero-order valence-corrected chi connectivity index (χ0v) is 21.6. The average molecular weight is 524 g/mol. The Balaban J connectivity index is 1.34. The summed E-state index contributed by atoms with van der Waals surface area (Å²) in [5.74, 6) is 1.26. The van der Waals surface area contributed by atoms with Crippen molar-refractivity contribution in [3.63, 3.8) is 0 Å². The highest BCUT2D eigenvalue weighted by molar-refractivity contribution is 7.99. The molecule has 0 aliphatic rings. The number of ether oxygens (including phenoxy) is 1. The number of fused-ring (bicyclic) bond motifs is 1. The second-order valence-corrected chi connectivity index (χ2v) is 9.45. The van der Waals surface area contributed by atoms with Crippen LogP contribution in [-0.4, -0.2) is 44.9 Å². The number of amides is 1. The van der Waals surface area contributed by atoms with E-state index in [1.165, 1.54) is 18.0 Å². The Hall–Kier alpha value is -4.63. The fraction of sp³-hybridized carbons (Fsp3) is 0.103. The van der Waals surface area contributed by atoms with Crippen LogP contribution in [0, 0.1) is 6.92 Å². The monoisotopic (exact) mass is 523 g/mol. The average Bonchev–Trinajstić information content (AvgIpc) is 3.37. The first kappa shape index (κ1) is 25.0. The van der Waals surface area contributed by atoms with Crippen molar-refractivity contribution in [2.24, 2.45) is 5.10 Å². The van der Waals surface area contributed by atoms with Gasteiger partial charge in [-0.2, -0.15) is 5.10 Å². The minimum Gasteiger partial charge on any atom is -0.507 e. The third-order valence-electron chi connectivity index (χ3n) is 5.94. The Morgan fingerprint density at radius 3 is 2.55 bits per heavy atom. The number of benzene rings is 4. The van der Waals surface area contributed by atoms with Crippen LogP contribution in [0.1, 0.15) is 11.1 Å². The number of rotatable bonds is 8. The van der Waals surface area contributed by atoms with Gasteiger partial charge in [-0.1, -0.05) is 71.9 Å². The van der Waals surface area contributed by atoms with Gasteiger partial charge in [0.1, 0.15) is 11.5 Å². The minimum absolute atomic E-state index is 0.0705. The van der Waals surface area contributed by atoms with Crippen molar-refractivity contribution in [2.45, 2.75) is 12.1 Å². The molecule has 5 rings (SSSR count). The lowest BCUT2D eigenvalue weighted by Gasteiger charge is -2.11. The topological polar surface area (TPSA) is 102 Å². The van der Waals surface area contributed by atoms with Gasteiger partial charge in [-0.15, -0.1) is 10.2 Å². The van der Waals surface area contributed by atoms with Crippen molar-refractivity contribution >= 4 is 34.7 Å². The molecule has 0 radical (unpaired) electrons. The lowest BCUT2D eigenvalue weighted by molar-refractivity contribution is -0.118. The molecule has 2 N–H and O–H groups in total. The van der Waals surface area contributed by atoms with E-state index in [-0.39, 0.29) is 17.4 Å². The maximum absolute atomic E-state index is 12.6. The lowest BCUT2D eigenvalue weighted by atomic mass is 10.0. The molecule has 38 heavy (non-hydrogen) atoms. The molecule has 8 nitrogen and oxygen atoms in total. The molecule has 0 fully saturated rings. The highest BCUT2D eigenvalue weighted by Crippen LogP contribution is 2.29. The number of hydrogen-bond donors (Lipinski definition) is 2. The summed E-state index contributed by atoms with van der Waals surface area (Å²) in [7, 11) is 1.62. The Bertz CT molecular complexity index is 1610. The number of carbonyl (C=O) groups is 1. The maximum atomic E-state index is 12.6. The van der Waals surface area contributed by atoms with E-state index in [1.807, 2.05) is 90.4 Å². The number of methoxy groups -OCH3 is 1. The van der Waals surface area contributed by atoms with Gasteiger partial charge < -0.3 is 9.84 Å².